The van der Waals surface area contributed by atoms with E-state index in [0.717, 1.165) is 20.7 Å². The highest BCUT2D eigenvalue weighted by Crippen LogP contribution is 2.33. The number of thiophene rings is 1. The van der Waals surface area contributed by atoms with Crippen molar-refractivity contribution in [1.29, 1.82) is 0 Å². The number of rotatable bonds is 1. The van der Waals surface area contributed by atoms with Crippen LogP contribution in [0.15, 0.2) is 36.7 Å². The summed E-state index contributed by atoms with van der Waals surface area (Å²) in [4.78, 5) is 10.2. The summed E-state index contributed by atoms with van der Waals surface area (Å²) in [5.74, 6) is 0.531. The van der Waals surface area contributed by atoms with Crippen LogP contribution in [0.3, 0.4) is 0 Å². The maximum atomic E-state index is 5.79. The number of fused-ring (bicyclic) bond motifs is 1. The van der Waals surface area contributed by atoms with Gasteiger partial charge in [0.2, 0.25) is 0 Å². The number of nitrogens with two attached hydrogens (primary N) is 1. The third-order valence-electron chi connectivity index (χ3n) is 2.33. The molecule has 4 heteroatoms. The van der Waals surface area contributed by atoms with E-state index in [1.807, 2.05) is 30.3 Å². The first kappa shape index (κ1) is 9.30. The molecule has 3 aromatic rings. The number of hydrogen-bond acceptors (Lipinski definition) is 4. The molecule has 0 saturated carbocycles. The molecule has 0 aliphatic carbocycles. The van der Waals surface area contributed by atoms with Gasteiger partial charge < -0.3 is 5.73 Å². The van der Waals surface area contributed by atoms with Gasteiger partial charge in [-0.3, -0.25) is 0 Å². The quantitative estimate of drug-likeness (QED) is 0.694. The van der Waals surface area contributed by atoms with Crippen molar-refractivity contribution < 1.29 is 0 Å². The van der Waals surface area contributed by atoms with Crippen LogP contribution in [0.5, 0.6) is 0 Å². The largest absolute Gasteiger partial charge is 0.383 e. The van der Waals surface area contributed by atoms with E-state index in [2.05, 4.69) is 16.0 Å². The van der Waals surface area contributed by atoms with Gasteiger partial charge in [-0.25, -0.2) is 9.97 Å². The SMILES string of the molecule is Nc1ncnc2sc(-c3[c]cccc3)cc12. The van der Waals surface area contributed by atoms with Gasteiger partial charge in [0, 0.05) is 4.88 Å². The van der Waals surface area contributed by atoms with Crippen LogP contribution < -0.4 is 5.73 Å². The molecule has 0 aliphatic heterocycles. The van der Waals surface area contributed by atoms with E-state index in [1.165, 1.54) is 6.33 Å². The summed E-state index contributed by atoms with van der Waals surface area (Å²) < 4.78 is 0. The molecule has 0 atom stereocenters. The molecule has 1 aromatic carbocycles. The monoisotopic (exact) mass is 226 g/mol. The van der Waals surface area contributed by atoms with Crippen molar-refractivity contribution in [3.63, 3.8) is 0 Å². The van der Waals surface area contributed by atoms with Crippen molar-refractivity contribution >= 4 is 27.4 Å². The molecule has 2 aromatic heterocycles. The van der Waals surface area contributed by atoms with Gasteiger partial charge >= 0.3 is 0 Å². The Labute approximate surface area is 96.6 Å². The number of hydrogen-bond donors (Lipinski definition) is 1. The maximum absolute atomic E-state index is 5.79. The van der Waals surface area contributed by atoms with Crippen LogP contribution in [-0.2, 0) is 0 Å². The third kappa shape index (κ3) is 1.44. The summed E-state index contributed by atoms with van der Waals surface area (Å²) in [6, 6.07) is 13.1. The minimum Gasteiger partial charge on any atom is -0.383 e. The highest BCUT2D eigenvalue weighted by Gasteiger charge is 2.07. The molecule has 0 saturated heterocycles. The van der Waals surface area contributed by atoms with Crippen LogP contribution in [0.2, 0.25) is 0 Å². The Morgan fingerprint density at radius 1 is 1.25 bits per heavy atom. The lowest BCUT2D eigenvalue weighted by atomic mass is 10.2. The lowest BCUT2D eigenvalue weighted by Crippen LogP contribution is -1.89. The number of benzene rings is 1. The minimum atomic E-state index is 0.531. The molecule has 0 spiro atoms. The molecule has 0 fully saturated rings. The molecular weight excluding hydrogens is 218 g/mol. The van der Waals surface area contributed by atoms with E-state index >= 15 is 0 Å². The van der Waals surface area contributed by atoms with Gasteiger partial charge in [0.25, 0.3) is 0 Å². The molecule has 0 unspecified atom stereocenters. The fraction of sp³-hybridized carbons (Fsp3) is 0. The molecule has 0 bridgehead atoms. The summed E-state index contributed by atoms with van der Waals surface area (Å²) in [5, 5.41) is 0.916. The Balaban J connectivity index is 2.23. The topological polar surface area (TPSA) is 51.8 Å². The zero-order chi connectivity index (χ0) is 11.0. The molecular formula is C12H8N3S. The van der Waals surface area contributed by atoms with E-state index in [0.29, 0.717) is 5.82 Å². The second kappa shape index (κ2) is 3.57. The Morgan fingerprint density at radius 3 is 2.94 bits per heavy atom. The van der Waals surface area contributed by atoms with Gasteiger partial charge in [0.1, 0.15) is 17.0 Å². The molecule has 3 nitrogen and oxygen atoms in total. The first-order valence-corrected chi connectivity index (χ1v) is 5.63. The fourth-order valence-electron chi connectivity index (χ4n) is 1.55. The minimum absolute atomic E-state index is 0.531. The van der Waals surface area contributed by atoms with Crippen molar-refractivity contribution in [2.45, 2.75) is 0 Å². The molecule has 0 amide bonds. The van der Waals surface area contributed by atoms with Crippen LogP contribution in [0.1, 0.15) is 0 Å². The van der Waals surface area contributed by atoms with Crippen LogP contribution in [-0.4, -0.2) is 9.97 Å². The first-order valence-electron chi connectivity index (χ1n) is 4.82. The highest BCUT2D eigenvalue weighted by molar-refractivity contribution is 7.21. The second-order valence-corrected chi connectivity index (χ2v) is 4.40. The van der Waals surface area contributed by atoms with Crippen molar-refractivity contribution in [1.82, 2.24) is 9.97 Å². The lowest BCUT2D eigenvalue weighted by molar-refractivity contribution is 1.24. The number of nitrogen functional groups attached to an aromatic ring is 1. The second-order valence-electron chi connectivity index (χ2n) is 3.36. The zero-order valence-corrected chi connectivity index (χ0v) is 9.16. The molecule has 16 heavy (non-hydrogen) atoms. The number of anilines is 1. The third-order valence-corrected chi connectivity index (χ3v) is 3.41. The summed E-state index contributed by atoms with van der Waals surface area (Å²) in [7, 11) is 0. The molecule has 3 rings (SSSR count). The number of aromatic nitrogens is 2. The van der Waals surface area contributed by atoms with E-state index in [9.17, 15) is 0 Å². The van der Waals surface area contributed by atoms with Gasteiger partial charge in [0.15, 0.2) is 0 Å². The summed E-state index contributed by atoms with van der Waals surface area (Å²) in [6.45, 7) is 0. The van der Waals surface area contributed by atoms with E-state index in [1.54, 1.807) is 11.3 Å². The smallest absolute Gasteiger partial charge is 0.135 e. The molecule has 2 N–H and O–H groups in total. The van der Waals surface area contributed by atoms with Crippen molar-refractivity contribution in [3.8, 4) is 10.4 Å². The molecule has 0 aliphatic rings. The molecule has 1 radical (unpaired) electrons. The standard InChI is InChI=1S/C12H8N3S/c13-11-9-6-10(8-4-2-1-3-5-8)16-12(9)15-7-14-11/h1-4,6-7H,(H2,13,14,15). The van der Waals surface area contributed by atoms with Crippen LogP contribution in [0.25, 0.3) is 20.7 Å². The van der Waals surface area contributed by atoms with E-state index < -0.39 is 0 Å². The normalized spacial score (nSPS) is 10.8. The summed E-state index contributed by atoms with van der Waals surface area (Å²) in [5.41, 5.74) is 6.85. The summed E-state index contributed by atoms with van der Waals surface area (Å²) >= 11 is 1.60. The highest BCUT2D eigenvalue weighted by atomic mass is 32.1. The average Bonchev–Trinajstić information content (AvgIpc) is 2.76. The average molecular weight is 226 g/mol. The molecule has 2 heterocycles. The van der Waals surface area contributed by atoms with Gasteiger partial charge in [-0.2, -0.15) is 0 Å². The van der Waals surface area contributed by atoms with E-state index in [4.69, 9.17) is 5.73 Å². The van der Waals surface area contributed by atoms with Crippen molar-refractivity contribution in [2.24, 2.45) is 0 Å². The van der Waals surface area contributed by atoms with Gasteiger partial charge in [-0.15, -0.1) is 11.3 Å². The fourth-order valence-corrected chi connectivity index (χ4v) is 2.55. The van der Waals surface area contributed by atoms with Crippen LogP contribution in [0.4, 0.5) is 5.82 Å². The predicted octanol–water partition coefficient (Wildman–Crippen LogP) is 2.74. The van der Waals surface area contributed by atoms with E-state index in [-0.39, 0.29) is 0 Å². The lowest BCUT2D eigenvalue weighted by Gasteiger charge is -1.92. The predicted molar refractivity (Wildman–Crippen MR) is 66.1 cm³/mol. The van der Waals surface area contributed by atoms with Crippen molar-refractivity contribution in [2.75, 3.05) is 5.73 Å². The Kier molecular flexibility index (Phi) is 2.08. The Morgan fingerprint density at radius 2 is 2.19 bits per heavy atom. The summed E-state index contributed by atoms with van der Waals surface area (Å²) in [6.07, 6.45) is 1.49. The van der Waals surface area contributed by atoms with Crippen molar-refractivity contribution in [3.05, 3.63) is 42.7 Å². The van der Waals surface area contributed by atoms with Crippen LogP contribution >= 0.6 is 11.3 Å². The maximum Gasteiger partial charge on any atom is 0.135 e. The Bertz CT molecular complexity index is 631. The van der Waals surface area contributed by atoms with Gasteiger partial charge in [-0.05, 0) is 17.7 Å². The van der Waals surface area contributed by atoms with Crippen LogP contribution in [0, 0.1) is 6.07 Å². The van der Waals surface area contributed by atoms with Gasteiger partial charge in [-0.1, -0.05) is 24.3 Å². The zero-order valence-electron chi connectivity index (χ0n) is 8.34. The van der Waals surface area contributed by atoms with Gasteiger partial charge in [0.05, 0.1) is 5.39 Å². The molecule has 77 valence electrons. The first-order chi connectivity index (χ1) is 7.84. The number of nitrogens with zero attached hydrogens (tertiary/aromatic N) is 2. The Hall–Kier alpha value is -1.94.